The van der Waals surface area contributed by atoms with Crippen molar-refractivity contribution in [2.75, 3.05) is 24.3 Å². The number of benzene rings is 1. The van der Waals surface area contributed by atoms with Gasteiger partial charge in [0.1, 0.15) is 11.6 Å². The van der Waals surface area contributed by atoms with Crippen LogP contribution in [0, 0.1) is 0 Å². The lowest BCUT2D eigenvalue weighted by molar-refractivity contribution is 0.410. The highest BCUT2D eigenvalue weighted by Gasteiger charge is 2.08. The average molecular weight is 335 g/mol. The van der Waals surface area contributed by atoms with Gasteiger partial charge in [-0.2, -0.15) is 4.98 Å². The van der Waals surface area contributed by atoms with Crippen LogP contribution in [0.25, 0.3) is 11.3 Å². The average Bonchev–Trinajstić information content (AvgIpc) is 2.67. The Hall–Kier alpha value is -3.15. The zero-order valence-corrected chi connectivity index (χ0v) is 14.4. The van der Waals surface area contributed by atoms with Crippen LogP contribution in [0.5, 0.6) is 5.75 Å². The second-order valence-corrected chi connectivity index (χ2v) is 5.39. The van der Waals surface area contributed by atoms with Crippen LogP contribution in [-0.2, 0) is 6.54 Å². The molecule has 0 radical (unpaired) electrons. The van der Waals surface area contributed by atoms with Crippen molar-refractivity contribution in [2.24, 2.45) is 0 Å². The molecule has 0 aliphatic carbocycles. The van der Waals surface area contributed by atoms with Crippen LogP contribution >= 0.6 is 0 Å². The van der Waals surface area contributed by atoms with Gasteiger partial charge in [-0.25, -0.2) is 4.98 Å². The summed E-state index contributed by atoms with van der Waals surface area (Å²) in [5.41, 5.74) is 2.91. The summed E-state index contributed by atoms with van der Waals surface area (Å²) in [6, 6.07) is 13.7. The maximum absolute atomic E-state index is 5.40. The second-order valence-electron chi connectivity index (χ2n) is 5.39. The molecule has 2 aromatic heterocycles. The summed E-state index contributed by atoms with van der Waals surface area (Å²) in [4.78, 5) is 13.2. The molecule has 0 saturated heterocycles. The Morgan fingerprint density at radius 2 is 1.80 bits per heavy atom. The number of para-hydroxylation sites is 1. The van der Waals surface area contributed by atoms with E-state index >= 15 is 0 Å². The fourth-order valence-electron chi connectivity index (χ4n) is 2.48. The van der Waals surface area contributed by atoms with Gasteiger partial charge in [0.15, 0.2) is 0 Å². The number of rotatable bonds is 7. The number of anilines is 2. The topological polar surface area (TPSA) is 72.0 Å². The van der Waals surface area contributed by atoms with Gasteiger partial charge in [-0.05, 0) is 25.1 Å². The Kier molecular flexibility index (Phi) is 5.41. The van der Waals surface area contributed by atoms with E-state index in [1.165, 1.54) is 0 Å². The highest BCUT2D eigenvalue weighted by Crippen LogP contribution is 2.23. The minimum atomic E-state index is 0.597. The first-order valence-corrected chi connectivity index (χ1v) is 8.19. The molecule has 2 heterocycles. The van der Waals surface area contributed by atoms with Crippen LogP contribution in [0.15, 0.2) is 54.9 Å². The predicted molar refractivity (Wildman–Crippen MR) is 99.7 cm³/mol. The number of hydrogen-bond acceptors (Lipinski definition) is 6. The first-order chi connectivity index (χ1) is 12.3. The molecule has 6 nitrogen and oxygen atoms in total. The largest absolute Gasteiger partial charge is 0.496 e. The molecule has 3 rings (SSSR count). The minimum absolute atomic E-state index is 0.597. The van der Waals surface area contributed by atoms with Gasteiger partial charge in [-0.1, -0.05) is 18.2 Å². The molecule has 3 aromatic rings. The van der Waals surface area contributed by atoms with Gasteiger partial charge in [0.25, 0.3) is 0 Å². The Labute approximate surface area is 147 Å². The summed E-state index contributed by atoms with van der Waals surface area (Å²) >= 11 is 0. The van der Waals surface area contributed by atoms with Crippen molar-refractivity contribution in [3.05, 3.63) is 60.4 Å². The summed E-state index contributed by atoms with van der Waals surface area (Å²) in [6.07, 6.45) is 3.51. The second kappa shape index (κ2) is 8.10. The van der Waals surface area contributed by atoms with Crippen LogP contribution in [0.1, 0.15) is 12.5 Å². The van der Waals surface area contributed by atoms with E-state index in [1.54, 1.807) is 19.5 Å². The van der Waals surface area contributed by atoms with Crippen molar-refractivity contribution in [2.45, 2.75) is 13.5 Å². The number of nitrogens with one attached hydrogen (secondary N) is 2. The number of methoxy groups -OCH3 is 1. The van der Waals surface area contributed by atoms with E-state index in [0.29, 0.717) is 12.5 Å². The van der Waals surface area contributed by atoms with E-state index < -0.39 is 0 Å². The molecule has 0 atom stereocenters. The van der Waals surface area contributed by atoms with Gasteiger partial charge in [-0.3, -0.25) is 4.98 Å². The van der Waals surface area contributed by atoms with Crippen molar-refractivity contribution in [1.82, 2.24) is 15.0 Å². The SMILES string of the molecule is CCNc1nc(NCc2ccccc2OC)cc(-c2ccncc2)n1. The maximum atomic E-state index is 5.40. The van der Waals surface area contributed by atoms with Gasteiger partial charge >= 0.3 is 0 Å². The van der Waals surface area contributed by atoms with Gasteiger partial charge in [0.2, 0.25) is 5.95 Å². The van der Waals surface area contributed by atoms with Crippen molar-refractivity contribution in [3.8, 4) is 17.0 Å². The standard InChI is InChI=1S/C19H21N5O/c1-3-21-19-23-16(14-8-10-20-11-9-14)12-18(24-19)22-13-15-6-4-5-7-17(15)25-2/h4-12H,3,13H2,1-2H3,(H2,21,22,23,24). The fourth-order valence-corrected chi connectivity index (χ4v) is 2.48. The molecule has 0 aliphatic heterocycles. The van der Waals surface area contributed by atoms with E-state index in [1.807, 2.05) is 49.4 Å². The van der Waals surface area contributed by atoms with Crippen molar-refractivity contribution < 1.29 is 4.74 Å². The Morgan fingerprint density at radius 3 is 2.56 bits per heavy atom. The van der Waals surface area contributed by atoms with Crippen molar-refractivity contribution in [1.29, 1.82) is 0 Å². The number of hydrogen-bond donors (Lipinski definition) is 2. The molecular weight excluding hydrogens is 314 g/mol. The zero-order chi connectivity index (χ0) is 17.5. The highest BCUT2D eigenvalue weighted by atomic mass is 16.5. The Bertz CT molecular complexity index is 823. The normalized spacial score (nSPS) is 10.3. The molecule has 1 aromatic carbocycles. The lowest BCUT2D eigenvalue weighted by Crippen LogP contribution is -2.08. The summed E-state index contributed by atoms with van der Waals surface area (Å²) in [5.74, 6) is 2.20. The van der Waals surface area contributed by atoms with E-state index in [-0.39, 0.29) is 0 Å². The van der Waals surface area contributed by atoms with Crippen LogP contribution in [0.3, 0.4) is 0 Å². The van der Waals surface area contributed by atoms with Crippen LogP contribution in [0.2, 0.25) is 0 Å². The Morgan fingerprint density at radius 1 is 1.00 bits per heavy atom. The maximum Gasteiger partial charge on any atom is 0.225 e. The summed E-state index contributed by atoms with van der Waals surface area (Å²) in [7, 11) is 1.67. The fraction of sp³-hybridized carbons (Fsp3) is 0.211. The van der Waals surface area contributed by atoms with Crippen LogP contribution in [0.4, 0.5) is 11.8 Å². The quantitative estimate of drug-likeness (QED) is 0.687. The van der Waals surface area contributed by atoms with Gasteiger partial charge in [0.05, 0.1) is 12.8 Å². The first-order valence-electron chi connectivity index (χ1n) is 8.19. The van der Waals surface area contributed by atoms with Crippen LogP contribution in [-0.4, -0.2) is 28.6 Å². The van der Waals surface area contributed by atoms with Gasteiger partial charge in [-0.15, -0.1) is 0 Å². The minimum Gasteiger partial charge on any atom is -0.496 e. The number of ether oxygens (including phenoxy) is 1. The summed E-state index contributed by atoms with van der Waals surface area (Å²) in [5, 5.41) is 6.53. The lowest BCUT2D eigenvalue weighted by Gasteiger charge is -2.12. The zero-order valence-electron chi connectivity index (χ0n) is 14.4. The molecule has 25 heavy (non-hydrogen) atoms. The molecule has 0 unspecified atom stereocenters. The van der Waals surface area contributed by atoms with E-state index in [2.05, 4.69) is 25.6 Å². The van der Waals surface area contributed by atoms with E-state index in [0.717, 1.165) is 34.9 Å². The summed E-state index contributed by atoms with van der Waals surface area (Å²) < 4.78 is 5.40. The molecule has 0 spiro atoms. The number of aromatic nitrogens is 3. The lowest BCUT2D eigenvalue weighted by atomic mass is 10.2. The molecule has 0 saturated carbocycles. The summed E-state index contributed by atoms with van der Waals surface area (Å²) in [6.45, 7) is 3.39. The predicted octanol–water partition coefficient (Wildman–Crippen LogP) is 3.59. The molecule has 128 valence electrons. The molecule has 6 heteroatoms. The van der Waals surface area contributed by atoms with Crippen molar-refractivity contribution in [3.63, 3.8) is 0 Å². The molecule has 2 N–H and O–H groups in total. The third kappa shape index (κ3) is 4.23. The molecule has 0 fully saturated rings. The first kappa shape index (κ1) is 16.7. The van der Waals surface area contributed by atoms with E-state index in [9.17, 15) is 0 Å². The molecule has 0 amide bonds. The smallest absolute Gasteiger partial charge is 0.225 e. The third-order valence-electron chi connectivity index (χ3n) is 3.69. The number of pyridine rings is 1. The van der Waals surface area contributed by atoms with Gasteiger partial charge < -0.3 is 15.4 Å². The molecule has 0 bridgehead atoms. The van der Waals surface area contributed by atoms with Crippen LogP contribution < -0.4 is 15.4 Å². The van der Waals surface area contributed by atoms with Crippen molar-refractivity contribution >= 4 is 11.8 Å². The monoisotopic (exact) mass is 335 g/mol. The number of nitrogens with zero attached hydrogens (tertiary/aromatic N) is 3. The Balaban J connectivity index is 1.86. The molecule has 0 aliphatic rings. The highest BCUT2D eigenvalue weighted by molar-refractivity contribution is 5.64. The van der Waals surface area contributed by atoms with E-state index in [4.69, 9.17) is 4.74 Å². The molecular formula is C19H21N5O. The van der Waals surface area contributed by atoms with Gasteiger partial charge in [0, 0.05) is 42.7 Å². The third-order valence-corrected chi connectivity index (χ3v) is 3.69.